The van der Waals surface area contributed by atoms with Crippen molar-refractivity contribution in [2.75, 3.05) is 19.7 Å². The number of rotatable bonds is 2. The predicted molar refractivity (Wildman–Crippen MR) is 95.9 cm³/mol. The van der Waals surface area contributed by atoms with Crippen molar-refractivity contribution >= 4 is 18.0 Å². The molecule has 1 N–H and O–H groups in total. The number of piperidine rings is 1. The van der Waals surface area contributed by atoms with Crippen LogP contribution >= 0.6 is 0 Å². The van der Waals surface area contributed by atoms with Gasteiger partial charge >= 0.3 is 18.0 Å². The zero-order valence-electron chi connectivity index (χ0n) is 15.9. The van der Waals surface area contributed by atoms with Gasteiger partial charge in [-0.3, -0.25) is 9.59 Å². The average molecular weight is 389 g/mol. The Hall–Kier alpha value is -2.77. The quantitative estimate of drug-likeness (QED) is 0.610. The zero-order valence-corrected chi connectivity index (χ0v) is 15.9. The maximum Gasteiger partial charge on any atom is 0.407 e. The maximum atomic E-state index is 12.9. The summed E-state index contributed by atoms with van der Waals surface area (Å²) in [5, 5.41) is 9.31. The van der Waals surface area contributed by atoms with E-state index in [2.05, 4.69) is 0 Å². The molecule has 0 bridgehead atoms. The molecule has 0 aromatic heterocycles. The Labute approximate surface area is 162 Å². The second-order valence-corrected chi connectivity index (χ2v) is 8.02. The van der Waals surface area contributed by atoms with E-state index < -0.39 is 35.2 Å². The molecule has 28 heavy (non-hydrogen) atoms. The molecule has 0 unspecified atom stereocenters. The first-order valence-corrected chi connectivity index (χ1v) is 9.42. The summed E-state index contributed by atoms with van der Waals surface area (Å²) in [7, 11) is 0. The molecule has 4 rings (SSSR count). The van der Waals surface area contributed by atoms with Crippen molar-refractivity contribution in [2.45, 2.75) is 44.3 Å². The summed E-state index contributed by atoms with van der Waals surface area (Å²) in [5.74, 6) is -2.88. The summed E-state index contributed by atoms with van der Waals surface area (Å²) in [6.45, 7) is 4.09. The number of nitrogens with zero attached hydrogens (tertiary/aromatic N) is 1. The molecule has 1 aromatic rings. The molecule has 3 heterocycles. The van der Waals surface area contributed by atoms with Crippen LogP contribution in [0.1, 0.15) is 37.8 Å². The van der Waals surface area contributed by atoms with Crippen LogP contribution in [0.2, 0.25) is 0 Å². The van der Waals surface area contributed by atoms with Crippen molar-refractivity contribution in [3.8, 4) is 5.75 Å². The lowest BCUT2D eigenvalue weighted by Crippen LogP contribution is -2.58. The first kappa shape index (κ1) is 18.6. The van der Waals surface area contributed by atoms with Gasteiger partial charge in [0.1, 0.15) is 5.75 Å². The number of carbonyl (C=O) groups is 3. The van der Waals surface area contributed by atoms with Crippen LogP contribution in [0.4, 0.5) is 4.79 Å². The summed E-state index contributed by atoms with van der Waals surface area (Å²) < 4.78 is 16.3. The molecule has 150 valence electrons. The van der Waals surface area contributed by atoms with E-state index >= 15 is 0 Å². The number of ether oxygens (including phenoxy) is 3. The lowest BCUT2D eigenvalue weighted by molar-refractivity contribution is -0.244. The largest absolute Gasteiger partial charge is 0.493 e. The van der Waals surface area contributed by atoms with E-state index in [1.807, 2.05) is 18.2 Å². The third kappa shape index (κ3) is 2.96. The minimum Gasteiger partial charge on any atom is -0.493 e. The van der Waals surface area contributed by atoms with Gasteiger partial charge in [-0.25, -0.2) is 4.79 Å². The minimum absolute atomic E-state index is 0.226. The summed E-state index contributed by atoms with van der Waals surface area (Å²) in [6, 6.07) is 5.69. The minimum atomic E-state index is -1.31. The number of benzene rings is 1. The van der Waals surface area contributed by atoms with Gasteiger partial charge in [-0.2, -0.15) is 0 Å². The molecule has 0 radical (unpaired) electrons. The Morgan fingerprint density at radius 3 is 2.39 bits per heavy atom. The first-order chi connectivity index (χ1) is 13.2. The van der Waals surface area contributed by atoms with Gasteiger partial charge in [-0.05, 0) is 30.0 Å². The lowest BCUT2D eigenvalue weighted by atomic mass is 9.63. The molecule has 1 amide bonds. The molecule has 1 aromatic carbocycles. The SMILES string of the molecule is CC1(C)OC(=O)C(C2(c3ccc4c(c3)CCO4)CCN(C(=O)O)CC2)C(=O)O1. The van der Waals surface area contributed by atoms with Crippen molar-refractivity contribution in [3.63, 3.8) is 0 Å². The van der Waals surface area contributed by atoms with Crippen molar-refractivity contribution in [1.82, 2.24) is 4.90 Å². The number of carbonyl (C=O) groups excluding carboxylic acids is 2. The normalized spacial score (nSPS) is 23.4. The van der Waals surface area contributed by atoms with Crippen LogP contribution in [0.25, 0.3) is 0 Å². The summed E-state index contributed by atoms with van der Waals surface area (Å²) >= 11 is 0. The highest BCUT2D eigenvalue weighted by Gasteiger charge is 2.56. The molecule has 8 heteroatoms. The van der Waals surface area contributed by atoms with E-state index in [1.165, 1.54) is 18.7 Å². The molecule has 0 aliphatic carbocycles. The van der Waals surface area contributed by atoms with Crippen molar-refractivity contribution < 1.29 is 33.7 Å². The highest BCUT2D eigenvalue weighted by molar-refractivity contribution is 5.98. The van der Waals surface area contributed by atoms with Gasteiger partial charge in [0.25, 0.3) is 5.79 Å². The van der Waals surface area contributed by atoms with E-state index in [-0.39, 0.29) is 13.1 Å². The van der Waals surface area contributed by atoms with Gasteiger partial charge in [0, 0.05) is 38.8 Å². The fourth-order valence-corrected chi connectivity index (χ4v) is 4.51. The monoisotopic (exact) mass is 389 g/mol. The van der Waals surface area contributed by atoms with Crippen LogP contribution in [0.5, 0.6) is 5.75 Å². The van der Waals surface area contributed by atoms with Crippen LogP contribution in [0.15, 0.2) is 18.2 Å². The number of esters is 2. The Morgan fingerprint density at radius 1 is 1.14 bits per heavy atom. The lowest BCUT2D eigenvalue weighted by Gasteiger charge is -2.47. The smallest absolute Gasteiger partial charge is 0.407 e. The number of likely N-dealkylation sites (tertiary alicyclic amines) is 1. The van der Waals surface area contributed by atoms with Crippen molar-refractivity contribution in [2.24, 2.45) is 5.92 Å². The highest BCUT2D eigenvalue weighted by Crippen LogP contribution is 2.47. The number of cyclic esters (lactones) is 2. The Bertz CT molecular complexity index is 819. The molecule has 0 atom stereocenters. The standard InChI is InChI=1S/C20H23NO7/c1-19(2)27-16(22)15(17(23)28-19)20(6-8-21(9-7-20)18(24)25)13-3-4-14-12(11-13)5-10-26-14/h3-4,11,15H,5-10H2,1-2H3,(H,24,25). The molecule has 3 aliphatic rings. The van der Waals surface area contributed by atoms with E-state index in [1.54, 1.807) is 0 Å². The number of carboxylic acid groups (broad SMARTS) is 1. The third-order valence-corrected chi connectivity index (χ3v) is 5.91. The molecule has 0 spiro atoms. The fraction of sp³-hybridized carbons (Fsp3) is 0.550. The third-order valence-electron chi connectivity index (χ3n) is 5.91. The molecule has 0 saturated carbocycles. The fourth-order valence-electron chi connectivity index (χ4n) is 4.51. The van der Waals surface area contributed by atoms with Crippen molar-refractivity contribution in [3.05, 3.63) is 29.3 Å². The van der Waals surface area contributed by atoms with E-state index in [0.29, 0.717) is 19.4 Å². The van der Waals surface area contributed by atoms with E-state index in [0.717, 1.165) is 23.3 Å². The number of amides is 1. The van der Waals surface area contributed by atoms with E-state index in [4.69, 9.17) is 14.2 Å². The van der Waals surface area contributed by atoms with Gasteiger partial charge in [0.15, 0.2) is 5.92 Å². The molecular formula is C20H23NO7. The van der Waals surface area contributed by atoms with Gasteiger partial charge in [0.2, 0.25) is 0 Å². The van der Waals surface area contributed by atoms with Gasteiger partial charge in [0.05, 0.1) is 6.61 Å². The highest BCUT2D eigenvalue weighted by atomic mass is 16.7. The summed E-state index contributed by atoms with van der Waals surface area (Å²) in [4.78, 5) is 38.4. The van der Waals surface area contributed by atoms with Gasteiger partial charge in [-0.1, -0.05) is 12.1 Å². The average Bonchev–Trinajstić information content (AvgIpc) is 3.08. The second kappa shape index (κ2) is 6.39. The number of fused-ring (bicyclic) bond motifs is 1. The van der Waals surface area contributed by atoms with Crippen LogP contribution in [0, 0.1) is 5.92 Å². The van der Waals surface area contributed by atoms with Crippen molar-refractivity contribution in [1.29, 1.82) is 0 Å². The Kier molecular flexibility index (Phi) is 4.24. The molecule has 8 nitrogen and oxygen atoms in total. The topological polar surface area (TPSA) is 102 Å². The van der Waals surface area contributed by atoms with Gasteiger partial charge in [-0.15, -0.1) is 0 Å². The van der Waals surface area contributed by atoms with Crippen LogP contribution in [-0.4, -0.2) is 53.5 Å². The zero-order chi connectivity index (χ0) is 20.1. The number of hydrogen-bond donors (Lipinski definition) is 1. The van der Waals surface area contributed by atoms with Gasteiger partial charge < -0.3 is 24.2 Å². The maximum absolute atomic E-state index is 12.9. The second-order valence-electron chi connectivity index (χ2n) is 8.02. The Balaban J connectivity index is 1.76. The van der Waals surface area contributed by atoms with E-state index in [9.17, 15) is 19.5 Å². The molecular weight excluding hydrogens is 366 g/mol. The van der Waals surface area contributed by atoms with Crippen LogP contribution in [-0.2, 0) is 30.9 Å². The predicted octanol–water partition coefficient (Wildman–Crippen LogP) is 2.09. The molecule has 2 saturated heterocycles. The molecule has 2 fully saturated rings. The molecule has 3 aliphatic heterocycles. The number of hydrogen-bond acceptors (Lipinski definition) is 6. The summed E-state index contributed by atoms with van der Waals surface area (Å²) in [6.07, 6.45) is 0.404. The van der Waals surface area contributed by atoms with Crippen LogP contribution < -0.4 is 4.74 Å². The first-order valence-electron chi connectivity index (χ1n) is 9.42. The van der Waals surface area contributed by atoms with Crippen LogP contribution in [0.3, 0.4) is 0 Å². The Morgan fingerprint density at radius 2 is 1.79 bits per heavy atom. The summed E-state index contributed by atoms with van der Waals surface area (Å²) in [5.41, 5.74) is 0.963.